The van der Waals surface area contributed by atoms with Gasteiger partial charge in [-0.05, 0) is 19.3 Å². The van der Waals surface area contributed by atoms with Gasteiger partial charge in [0, 0.05) is 25.6 Å². The third-order valence-electron chi connectivity index (χ3n) is 3.31. The van der Waals surface area contributed by atoms with E-state index in [1.54, 1.807) is 0 Å². The van der Waals surface area contributed by atoms with Crippen molar-refractivity contribution in [3.05, 3.63) is 0 Å². The van der Waals surface area contributed by atoms with Crippen LogP contribution in [0, 0.1) is 5.92 Å². The van der Waals surface area contributed by atoms with E-state index in [9.17, 15) is 4.79 Å². The second-order valence-corrected chi connectivity index (χ2v) is 4.55. The fourth-order valence-corrected chi connectivity index (χ4v) is 1.91. The molecule has 4 heteroatoms. The Balaban J connectivity index is 1.80. The summed E-state index contributed by atoms with van der Waals surface area (Å²) >= 11 is 0. The average Bonchev–Trinajstić information content (AvgIpc) is 3.11. The number of amides is 1. The molecular weight excluding hydrogens is 192 g/mol. The Morgan fingerprint density at radius 1 is 1.60 bits per heavy atom. The van der Waals surface area contributed by atoms with Gasteiger partial charge in [0.15, 0.2) is 0 Å². The van der Waals surface area contributed by atoms with E-state index >= 15 is 0 Å². The first-order valence-corrected chi connectivity index (χ1v) is 5.88. The van der Waals surface area contributed by atoms with Crippen molar-refractivity contribution < 1.29 is 9.53 Å². The van der Waals surface area contributed by atoms with Crippen LogP contribution in [0.5, 0.6) is 0 Å². The molecule has 0 radical (unpaired) electrons. The minimum absolute atomic E-state index is 0.178. The van der Waals surface area contributed by atoms with Crippen LogP contribution in [0.3, 0.4) is 0 Å². The van der Waals surface area contributed by atoms with E-state index in [1.807, 2.05) is 0 Å². The van der Waals surface area contributed by atoms with Crippen molar-refractivity contribution in [2.45, 2.75) is 31.8 Å². The molecule has 1 saturated heterocycles. The van der Waals surface area contributed by atoms with E-state index in [-0.39, 0.29) is 17.4 Å². The number of ether oxygens (including phenoxy) is 1. The van der Waals surface area contributed by atoms with Gasteiger partial charge in [-0.2, -0.15) is 0 Å². The fourth-order valence-electron chi connectivity index (χ4n) is 1.91. The monoisotopic (exact) mass is 212 g/mol. The number of nitrogens with one attached hydrogen (secondary N) is 2. The van der Waals surface area contributed by atoms with Crippen molar-refractivity contribution in [2.75, 3.05) is 26.2 Å². The molecule has 15 heavy (non-hydrogen) atoms. The first-order valence-electron chi connectivity index (χ1n) is 5.88. The van der Waals surface area contributed by atoms with Crippen LogP contribution in [-0.4, -0.2) is 37.7 Å². The van der Waals surface area contributed by atoms with E-state index in [0.717, 1.165) is 39.0 Å². The first kappa shape index (κ1) is 10.9. The predicted octanol–water partition coefficient (Wildman–Crippen LogP) is 0.281. The Hall–Kier alpha value is -0.610. The molecule has 0 aromatic heterocycles. The molecule has 1 unspecified atom stereocenters. The summed E-state index contributed by atoms with van der Waals surface area (Å²) in [5.74, 6) is 0.493. The minimum atomic E-state index is -0.178. The van der Waals surface area contributed by atoms with Gasteiger partial charge < -0.3 is 15.4 Å². The van der Waals surface area contributed by atoms with Gasteiger partial charge in [0.2, 0.25) is 5.91 Å². The predicted molar refractivity (Wildman–Crippen MR) is 57.6 cm³/mol. The van der Waals surface area contributed by atoms with Crippen molar-refractivity contribution in [3.63, 3.8) is 0 Å². The molecule has 2 rings (SSSR count). The number of carbonyl (C=O) groups is 1. The topological polar surface area (TPSA) is 50.4 Å². The zero-order valence-corrected chi connectivity index (χ0v) is 9.34. The van der Waals surface area contributed by atoms with Gasteiger partial charge in [0.05, 0.1) is 12.2 Å². The third-order valence-corrected chi connectivity index (χ3v) is 3.31. The Kier molecular flexibility index (Phi) is 3.26. The number of carbonyl (C=O) groups excluding carboxylic acids is 1. The van der Waals surface area contributed by atoms with Gasteiger partial charge >= 0.3 is 0 Å². The van der Waals surface area contributed by atoms with E-state index in [0.29, 0.717) is 6.54 Å². The Morgan fingerprint density at radius 2 is 2.40 bits per heavy atom. The maximum absolute atomic E-state index is 11.5. The van der Waals surface area contributed by atoms with Gasteiger partial charge in [-0.25, -0.2) is 0 Å². The summed E-state index contributed by atoms with van der Waals surface area (Å²) in [6, 6.07) is 0. The molecule has 0 aromatic rings. The average molecular weight is 212 g/mol. The van der Waals surface area contributed by atoms with Crippen LogP contribution in [0.4, 0.5) is 0 Å². The zero-order chi connectivity index (χ0) is 10.7. The fraction of sp³-hybridized carbons (Fsp3) is 0.909. The SMILES string of the molecule is CCC1(CNC(=O)C2CC2)CNCCO1. The molecule has 0 aromatic carbocycles. The Morgan fingerprint density at radius 3 is 2.93 bits per heavy atom. The second kappa shape index (κ2) is 4.49. The molecule has 1 atom stereocenters. The van der Waals surface area contributed by atoms with E-state index in [1.165, 1.54) is 0 Å². The van der Waals surface area contributed by atoms with Crippen molar-refractivity contribution in [1.29, 1.82) is 0 Å². The van der Waals surface area contributed by atoms with Crippen molar-refractivity contribution in [1.82, 2.24) is 10.6 Å². The number of hydrogen-bond acceptors (Lipinski definition) is 3. The molecule has 0 spiro atoms. The molecule has 86 valence electrons. The highest BCUT2D eigenvalue weighted by molar-refractivity contribution is 5.80. The summed E-state index contributed by atoms with van der Waals surface area (Å²) in [7, 11) is 0. The summed E-state index contributed by atoms with van der Waals surface area (Å²) < 4.78 is 5.79. The van der Waals surface area contributed by atoms with Crippen LogP contribution >= 0.6 is 0 Å². The van der Waals surface area contributed by atoms with Gasteiger partial charge in [0.1, 0.15) is 0 Å². The first-order chi connectivity index (χ1) is 7.26. The summed E-state index contributed by atoms with van der Waals surface area (Å²) in [5.41, 5.74) is -0.178. The van der Waals surface area contributed by atoms with E-state index in [4.69, 9.17) is 4.74 Å². The lowest BCUT2D eigenvalue weighted by molar-refractivity contribution is -0.125. The number of rotatable bonds is 4. The summed E-state index contributed by atoms with van der Waals surface area (Å²) in [6.45, 7) is 5.25. The van der Waals surface area contributed by atoms with Crippen LogP contribution in [0.15, 0.2) is 0 Å². The smallest absolute Gasteiger partial charge is 0.223 e. The molecule has 1 aliphatic carbocycles. The maximum atomic E-state index is 11.5. The van der Waals surface area contributed by atoms with Crippen LogP contribution in [0.25, 0.3) is 0 Å². The van der Waals surface area contributed by atoms with Crippen molar-refractivity contribution >= 4 is 5.91 Å². The normalized spacial score (nSPS) is 31.3. The summed E-state index contributed by atoms with van der Waals surface area (Å²) in [5, 5.41) is 6.32. The lowest BCUT2D eigenvalue weighted by Gasteiger charge is -2.37. The molecule has 2 aliphatic rings. The summed E-state index contributed by atoms with van der Waals surface area (Å²) in [4.78, 5) is 11.5. The maximum Gasteiger partial charge on any atom is 0.223 e. The van der Waals surface area contributed by atoms with Crippen LogP contribution < -0.4 is 10.6 Å². The largest absolute Gasteiger partial charge is 0.371 e. The summed E-state index contributed by atoms with van der Waals surface area (Å²) in [6.07, 6.45) is 3.05. The molecule has 4 nitrogen and oxygen atoms in total. The Bertz CT molecular complexity index is 233. The second-order valence-electron chi connectivity index (χ2n) is 4.55. The van der Waals surface area contributed by atoms with Gasteiger partial charge in [-0.3, -0.25) is 4.79 Å². The lowest BCUT2D eigenvalue weighted by Crippen LogP contribution is -2.55. The molecule has 2 N–H and O–H groups in total. The van der Waals surface area contributed by atoms with E-state index < -0.39 is 0 Å². The molecule has 1 heterocycles. The lowest BCUT2D eigenvalue weighted by atomic mass is 9.99. The molecular formula is C11H20N2O2. The highest BCUT2D eigenvalue weighted by Crippen LogP contribution is 2.29. The standard InChI is InChI=1S/C11H20N2O2/c1-2-11(7-12-5-6-15-11)8-13-10(14)9-3-4-9/h9,12H,2-8H2,1H3,(H,13,14). The van der Waals surface area contributed by atoms with Crippen LogP contribution in [-0.2, 0) is 9.53 Å². The number of morpholine rings is 1. The number of hydrogen-bond donors (Lipinski definition) is 2. The zero-order valence-electron chi connectivity index (χ0n) is 9.34. The molecule has 1 amide bonds. The highest BCUT2D eigenvalue weighted by Gasteiger charge is 2.34. The molecule has 2 fully saturated rings. The minimum Gasteiger partial charge on any atom is -0.371 e. The van der Waals surface area contributed by atoms with E-state index in [2.05, 4.69) is 17.6 Å². The third kappa shape index (κ3) is 2.69. The Labute approximate surface area is 90.8 Å². The molecule has 0 bridgehead atoms. The van der Waals surface area contributed by atoms with Crippen molar-refractivity contribution in [3.8, 4) is 0 Å². The van der Waals surface area contributed by atoms with Gasteiger partial charge in [-0.15, -0.1) is 0 Å². The molecule has 1 saturated carbocycles. The van der Waals surface area contributed by atoms with Crippen molar-refractivity contribution in [2.24, 2.45) is 5.92 Å². The molecule has 1 aliphatic heterocycles. The van der Waals surface area contributed by atoms with Crippen LogP contribution in [0.2, 0.25) is 0 Å². The highest BCUT2D eigenvalue weighted by atomic mass is 16.5. The van der Waals surface area contributed by atoms with Gasteiger partial charge in [0.25, 0.3) is 0 Å². The van der Waals surface area contributed by atoms with Crippen LogP contribution in [0.1, 0.15) is 26.2 Å². The quantitative estimate of drug-likeness (QED) is 0.704. The van der Waals surface area contributed by atoms with Gasteiger partial charge in [-0.1, -0.05) is 6.92 Å².